The molecule has 4 atom stereocenters. The standard InChI is InChI=1S/C13H20N4O3/c1-3-4-8-10(18)11(19)13(20-8)17-6-16-9-7(2)14-5-15-12(9)17/h5,8,10-11,13,16,18-19H,3-4,6H2,1-2H3. The number of hydrogen-bond acceptors (Lipinski definition) is 7. The maximum absolute atomic E-state index is 10.2. The minimum Gasteiger partial charge on any atom is -0.388 e. The van der Waals surface area contributed by atoms with Gasteiger partial charge in [-0.1, -0.05) is 13.3 Å². The van der Waals surface area contributed by atoms with Crippen LogP contribution >= 0.6 is 0 Å². The number of hydrogen-bond donors (Lipinski definition) is 3. The van der Waals surface area contributed by atoms with E-state index in [1.54, 1.807) is 0 Å². The molecule has 0 aliphatic carbocycles. The molecule has 0 radical (unpaired) electrons. The smallest absolute Gasteiger partial charge is 0.162 e. The van der Waals surface area contributed by atoms with E-state index in [4.69, 9.17) is 4.74 Å². The fraction of sp³-hybridized carbons (Fsp3) is 0.692. The normalized spacial score (nSPS) is 32.3. The highest BCUT2D eigenvalue weighted by Gasteiger charge is 2.46. The fourth-order valence-electron chi connectivity index (χ4n) is 2.85. The molecule has 0 saturated carbocycles. The highest BCUT2D eigenvalue weighted by Crippen LogP contribution is 2.36. The summed E-state index contributed by atoms with van der Waals surface area (Å²) in [6.07, 6.45) is 0.427. The zero-order chi connectivity index (χ0) is 14.3. The molecule has 1 aromatic rings. The van der Waals surface area contributed by atoms with Crippen molar-refractivity contribution in [1.29, 1.82) is 0 Å². The minimum absolute atomic E-state index is 0.327. The molecule has 3 rings (SSSR count). The van der Waals surface area contributed by atoms with Gasteiger partial charge in [-0.05, 0) is 13.3 Å². The lowest BCUT2D eigenvalue weighted by atomic mass is 10.1. The highest BCUT2D eigenvalue weighted by atomic mass is 16.6. The maximum Gasteiger partial charge on any atom is 0.162 e. The van der Waals surface area contributed by atoms with Gasteiger partial charge in [0.2, 0.25) is 0 Å². The number of rotatable bonds is 3. The molecular weight excluding hydrogens is 260 g/mol. The van der Waals surface area contributed by atoms with Gasteiger partial charge in [0.1, 0.15) is 24.2 Å². The zero-order valence-corrected chi connectivity index (χ0v) is 11.7. The lowest BCUT2D eigenvalue weighted by molar-refractivity contribution is 0.00347. The molecule has 7 heteroatoms. The molecule has 1 aromatic heterocycles. The van der Waals surface area contributed by atoms with Crippen molar-refractivity contribution in [2.75, 3.05) is 16.9 Å². The molecule has 3 N–H and O–H groups in total. The minimum atomic E-state index is -0.936. The molecule has 4 unspecified atom stereocenters. The van der Waals surface area contributed by atoms with E-state index >= 15 is 0 Å². The maximum atomic E-state index is 10.2. The van der Waals surface area contributed by atoms with Crippen molar-refractivity contribution in [3.05, 3.63) is 12.0 Å². The molecule has 7 nitrogen and oxygen atoms in total. The van der Waals surface area contributed by atoms with Crippen molar-refractivity contribution in [2.45, 2.75) is 51.2 Å². The molecule has 0 bridgehead atoms. The van der Waals surface area contributed by atoms with Gasteiger partial charge in [0.25, 0.3) is 0 Å². The van der Waals surface area contributed by atoms with Gasteiger partial charge < -0.3 is 25.2 Å². The summed E-state index contributed by atoms with van der Waals surface area (Å²) >= 11 is 0. The number of fused-ring (bicyclic) bond motifs is 1. The Morgan fingerprint density at radius 3 is 2.95 bits per heavy atom. The molecule has 2 aliphatic heterocycles. The largest absolute Gasteiger partial charge is 0.388 e. The first kappa shape index (κ1) is 13.5. The summed E-state index contributed by atoms with van der Waals surface area (Å²) in [4.78, 5) is 10.2. The van der Waals surface area contributed by atoms with Gasteiger partial charge in [-0.25, -0.2) is 9.97 Å². The Labute approximate surface area is 117 Å². The average molecular weight is 280 g/mol. The van der Waals surface area contributed by atoms with Gasteiger partial charge in [-0.15, -0.1) is 0 Å². The van der Waals surface area contributed by atoms with Crippen molar-refractivity contribution >= 4 is 11.5 Å². The predicted octanol–water partition coefficient (Wildman–Crippen LogP) is 0.221. The Bertz CT molecular complexity index is 499. The van der Waals surface area contributed by atoms with Crippen molar-refractivity contribution in [2.24, 2.45) is 0 Å². The molecule has 0 aromatic carbocycles. The fourth-order valence-corrected chi connectivity index (χ4v) is 2.85. The highest BCUT2D eigenvalue weighted by molar-refractivity contribution is 5.72. The molecular formula is C13H20N4O3. The molecule has 110 valence electrons. The van der Waals surface area contributed by atoms with Crippen molar-refractivity contribution < 1.29 is 14.9 Å². The zero-order valence-electron chi connectivity index (χ0n) is 11.7. The molecule has 3 heterocycles. The number of aliphatic hydroxyl groups is 2. The summed E-state index contributed by atoms with van der Waals surface area (Å²) in [6.45, 7) is 4.42. The second-order valence-electron chi connectivity index (χ2n) is 5.30. The van der Waals surface area contributed by atoms with Crippen molar-refractivity contribution in [3.8, 4) is 0 Å². The van der Waals surface area contributed by atoms with E-state index in [9.17, 15) is 10.2 Å². The van der Waals surface area contributed by atoms with Crippen LogP contribution in [0.1, 0.15) is 25.5 Å². The Balaban J connectivity index is 1.84. The first-order chi connectivity index (χ1) is 9.63. The number of aryl methyl sites for hydroxylation is 1. The average Bonchev–Trinajstić information content (AvgIpc) is 2.97. The lowest BCUT2D eigenvalue weighted by Gasteiger charge is -2.26. The SMILES string of the molecule is CCCC1OC(N2CNc3c(C)ncnc32)C(O)C1O. The summed E-state index contributed by atoms with van der Waals surface area (Å²) < 4.78 is 5.83. The van der Waals surface area contributed by atoms with Crippen LogP contribution in [0.4, 0.5) is 11.5 Å². The van der Waals surface area contributed by atoms with Gasteiger partial charge in [0.15, 0.2) is 12.0 Å². The molecule has 0 amide bonds. The summed E-state index contributed by atoms with van der Waals surface area (Å²) in [7, 11) is 0. The number of ether oxygens (including phenoxy) is 1. The van der Waals surface area contributed by atoms with Crippen LogP contribution in [0.3, 0.4) is 0 Å². The quantitative estimate of drug-likeness (QED) is 0.729. The molecule has 1 saturated heterocycles. The Morgan fingerprint density at radius 1 is 1.40 bits per heavy atom. The van der Waals surface area contributed by atoms with Crippen LogP contribution in [0.25, 0.3) is 0 Å². The van der Waals surface area contributed by atoms with Gasteiger partial charge in [-0.3, -0.25) is 0 Å². The van der Waals surface area contributed by atoms with E-state index in [0.717, 1.165) is 24.2 Å². The van der Waals surface area contributed by atoms with Crippen LogP contribution in [-0.4, -0.2) is 51.4 Å². The molecule has 20 heavy (non-hydrogen) atoms. The van der Waals surface area contributed by atoms with E-state index in [1.165, 1.54) is 6.33 Å². The van der Waals surface area contributed by atoms with E-state index in [1.807, 2.05) is 18.7 Å². The summed E-state index contributed by atoms with van der Waals surface area (Å²) in [5.74, 6) is 0.714. The second kappa shape index (κ2) is 5.16. The first-order valence-corrected chi connectivity index (χ1v) is 6.97. The third-order valence-electron chi connectivity index (χ3n) is 3.93. The van der Waals surface area contributed by atoms with Crippen LogP contribution < -0.4 is 10.2 Å². The Kier molecular flexibility index (Phi) is 3.49. The first-order valence-electron chi connectivity index (χ1n) is 6.97. The van der Waals surface area contributed by atoms with Crippen LogP contribution in [0.2, 0.25) is 0 Å². The number of anilines is 2. The lowest BCUT2D eigenvalue weighted by Crippen LogP contribution is -2.44. The number of nitrogens with one attached hydrogen (secondary N) is 1. The Morgan fingerprint density at radius 2 is 2.20 bits per heavy atom. The summed E-state index contributed by atoms with van der Waals surface area (Å²) in [5.41, 5.74) is 1.72. The van der Waals surface area contributed by atoms with Crippen molar-refractivity contribution in [3.63, 3.8) is 0 Å². The van der Waals surface area contributed by atoms with Crippen LogP contribution in [0.5, 0.6) is 0 Å². The van der Waals surface area contributed by atoms with Gasteiger partial charge in [-0.2, -0.15) is 0 Å². The third kappa shape index (κ3) is 2.02. The van der Waals surface area contributed by atoms with Crippen LogP contribution in [0, 0.1) is 6.92 Å². The van der Waals surface area contributed by atoms with Crippen molar-refractivity contribution in [1.82, 2.24) is 9.97 Å². The second-order valence-corrected chi connectivity index (χ2v) is 5.30. The molecule has 1 fully saturated rings. The van der Waals surface area contributed by atoms with Gasteiger partial charge in [0, 0.05) is 0 Å². The number of aromatic nitrogens is 2. The van der Waals surface area contributed by atoms with E-state index in [2.05, 4.69) is 15.3 Å². The topological polar surface area (TPSA) is 90.7 Å². The predicted molar refractivity (Wildman–Crippen MR) is 73.3 cm³/mol. The number of nitrogens with zero attached hydrogens (tertiary/aromatic N) is 3. The van der Waals surface area contributed by atoms with Crippen LogP contribution in [-0.2, 0) is 4.74 Å². The van der Waals surface area contributed by atoms with Crippen LogP contribution in [0.15, 0.2) is 6.33 Å². The molecule has 0 spiro atoms. The third-order valence-corrected chi connectivity index (χ3v) is 3.93. The van der Waals surface area contributed by atoms with Gasteiger partial charge >= 0.3 is 0 Å². The van der Waals surface area contributed by atoms with Gasteiger partial charge in [0.05, 0.1) is 18.5 Å². The monoisotopic (exact) mass is 280 g/mol. The number of aliphatic hydroxyl groups excluding tert-OH is 2. The van der Waals surface area contributed by atoms with E-state index in [0.29, 0.717) is 12.5 Å². The van der Waals surface area contributed by atoms with E-state index < -0.39 is 18.4 Å². The van der Waals surface area contributed by atoms with E-state index in [-0.39, 0.29) is 6.10 Å². The summed E-state index contributed by atoms with van der Waals surface area (Å²) in [5, 5.41) is 23.5. The Hall–Kier alpha value is -1.44. The molecule has 2 aliphatic rings. The summed E-state index contributed by atoms with van der Waals surface area (Å²) in [6, 6.07) is 0.